The topological polar surface area (TPSA) is 159 Å². The number of aliphatic carboxylic acids is 1. The molecule has 0 aliphatic carbocycles. The van der Waals surface area contributed by atoms with Crippen molar-refractivity contribution in [1.29, 1.82) is 0 Å². The van der Waals surface area contributed by atoms with Crippen LogP contribution in [-0.4, -0.2) is 46.2 Å². The van der Waals surface area contributed by atoms with Crippen LogP contribution in [0.5, 0.6) is 0 Å². The van der Waals surface area contributed by atoms with E-state index < -0.39 is 42.4 Å². The van der Waals surface area contributed by atoms with E-state index in [4.69, 9.17) is 15.9 Å². The highest BCUT2D eigenvalue weighted by atomic mass is 16.4. The van der Waals surface area contributed by atoms with Gasteiger partial charge in [-0.05, 0) is 6.92 Å². The van der Waals surface area contributed by atoms with E-state index in [-0.39, 0.29) is 0 Å². The van der Waals surface area contributed by atoms with Crippen molar-refractivity contribution < 1.29 is 29.4 Å². The van der Waals surface area contributed by atoms with Crippen LogP contribution >= 0.6 is 0 Å². The first-order chi connectivity index (χ1) is 7.73. The molecule has 2 unspecified atom stereocenters. The monoisotopic (exact) mass is 247 g/mol. The van der Waals surface area contributed by atoms with Gasteiger partial charge in [-0.1, -0.05) is 0 Å². The molecule has 3 amide bonds. The maximum Gasteiger partial charge on any atom is 0.411 e. The lowest BCUT2D eigenvalue weighted by Crippen LogP contribution is -2.51. The minimum Gasteiger partial charge on any atom is -0.481 e. The molecule has 0 radical (unpaired) electrons. The molecule has 17 heavy (non-hydrogen) atoms. The lowest BCUT2D eigenvalue weighted by Gasteiger charge is -2.15. The molecule has 96 valence electrons. The highest BCUT2D eigenvalue weighted by molar-refractivity contribution is 5.97. The quantitative estimate of drug-likeness (QED) is 0.379. The first kappa shape index (κ1) is 14.8. The SMILES string of the molecule is CC(NC(=O)C(N)CC(=O)O)C(=O)NC(=O)O. The van der Waals surface area contributed by atoms with Gasteiger partial charge in [0.05, 0.1) is 12.5 Å². The van der Waals surface area contributed by atoms with Crippen LogP contribution in [0.25, 0.3) is 0 Å². The van der Waals surface area contributed by atoms with Crippen molar-refractivity contribution in [2.45, 2.75) is 25.4 Å². The van der Waals surface area contributed by atoms with Gasteiger partial charge in [0.1, 0.15) is 6.04 Å². The lowest BCUT2D eigenvalue weighted by atomic mass is 10.2. The van der Waals surface area contributed by atoms with E-state index in [1.54, 1.807) is 0 Å². The first-order valence-corrected chi connectivity index (χ1v) is 4.55. The van der Waals surface area contributed by atoms with E-state index in [0.29, 0.717) is 0 Å². The van der Waals surface area contributed by atoms with Gasteiger partial charge in [0, 0.05) is 0 Å². The van der Waals surface area contributed by atoms with Gasteiger partial charge in [-0.15, -0.1) is 0 Å². The van der Waals surface area contributed by atoms with E-state index in [1.165, 1.54) is 12.2 Å². The summed E-state index contributed by atoms with van der Waals surface area (Å²) in [4.78, 5) is 42.7. The van der Waals surface area contributed by atoms with Crippen molar-refractivity contribution in [3.8, 4) is 0 Å². The molecule has 0 aromatic carbocycles. The average Bonchev–Trinajstić information content (AvgIpc) is 2.15. The van der Waals surface area contributed by atoms with E-state index in [9.17, 15) is 19.2 Å². The third kappa shape index (κ3) is 6.10. The Kier molecular flexibility index (Phi) is 5.61. The van der Waals surface area contributed by atoms with Crippen molar-refractivity contribution in [2.24, 2.45) is 5.73 Å². The molecule has 0 bridgehead atoms. The molecule has 0 heterocycles. The summed E-state index contributed by atoms with van der Waals surface area (Å²) in [6.07, 6.45) is -2.13. The number of nitrogens with one attached hydrogen (secondary N) is 2. The minimum atomic E-state index is -1.55. The zero-order valence-electron chi connectivity index (χ0n) is 8.97. The number of amides is 3. The van der Waals surface area contributed by atoms with Crippen molar-refractivity contribution in [2.75, 3.05) is 0 Å². The van der Waals surface area contributed by atoms with E-state index in [0.717, 1.165) is 0 Å². The fourth-order valence-corrected chi connectivity index (χ4v) is 0.880. The highest BCUT2D eigenvalue weighted by Gasteiger charge is 2.22. The number of imide groups is 1. The number of hydrogen-bond acceptors (Lipinski definition) is 5. The summed E-state index contributed by atoms with van der Waals surface area (Å²) in [5, 5.41) is 20.2. The van der Waals surface area contributed by atoms with Gasteiger partial charge in [-0.2, -0.15) is 0 Å². The zero-order valence-corrected chi connectivity index (χ0v) is 8.97. The number of nitrogens with two attached hydrogens (primary N) is 1. The molecule has 0 aliphatic rings. The van der Waals surface area contributed by atoms with Crippen molar-refractivity contribution in [3.63, 3.8) is 0 Å². The summed E-state index contributed by atoms with van der Waals surface area (Å²) in [5.74, 6) is -3.04. The fourth-order valence-electron chi connectivity index (χ4n) is 0.880. The van der Waals surface area contributed by atoms with Crippen molar-refractivity contribution >= 4 is 23.9 Å². The standard InChI is InChI=1S/C8H13N3O6/c1-3(6(14)11-8(16)17)10-7(15)4(9)2-5(12)13/h3-4H,2,9H2,1H3,(H,10,15)(H,11,14)(H,12,13)(H,16,17). The van der Waals surface area contributed by atoms with Gasteiger partial charge in [-0.3, -0.25) is 19.7 Å². The molecule has 0 aromatic rings. The number of carbonyl (C=O) groups excluding carboxylic acids is 2. The molecule has 9 nitrogen and oxygen atoms in total. The van der Waals surface area contributed by atoms with E-state index in [2.05, 4.69) is 5.32 Å². The molecular weight excluding hydrogens is 234 g/mol. The summed E-state index contributed by atoms with van der Waals surface area (Å²) in [7, 11) is 0. The first-order valence-electron chi connectivity index (χ1n) is 4.55. The molecule has 0 aromatic heterocycles. The number of carboxylic acids is 1. The molecule has 0 aliphatic heterocycles. The van der Waals surface area contributed by atoms with Crippen LogP contribution in [0.1, 0.15) is 13.3 Å². The van der Waals surface area contributed by atoms with Crippen molar-refractivity contribution in [3.05, 3.63) is 0 Å². The van der Waals surface area contributed by atoms with Gasteiger partial charge in [0.25, 0.3) is 5.91 Å². The van der Waals surface area contributed by atoms with Gasteiger partial charge in [0.15, 0.2) is 0 Å². The lowest BCUT2D eigenvalue weighted by molar-refractivity contribution is -0.139. The van der Waals surface area contributed by atoms with E-state index in [1.807, 2.05) is 0 Å². The second-order valence-corrected chi connectivity index (χ2v) is 3.23. The van der Waals surface area contributed by atoms with Crippen LogP contribution in [0.2, 0.25) is 0 Å². The Morgan fingerprint density at radius 1 is 1.18 bits per heavy atom. The Morgan fingerprint density at radius 2 is 1.71 bits per heavy atom. The number of carbonyl (C=O) groups is 4. The number of rotatable bonds is 5. The Balaban J connectivity index is 4.24. The van der Waals surface area contributed by atoms with Crippen LogP contribution in [0, 0.1) is 0 Å². The van der Waals surface area contributed by atoms with Crippen LogP contribution in [0.15, 0.2) is 0 Å². The second kappa shape index (κ2) is 6.43. The zero-order chi connectivity index (χ0) is 13.6. The van der Waals surface area contributed by atoms with Crippen LogP contribution < -0.4 is 16.4 Å². The van der Waals surface area contributed by atoms with E-state index >= 15 is 0 Å². The minimum absolute atomic E-state index is 0.584. The summed E-state index contributed by atoms with van der Waals surface area (Å²) < 4.78 is 0. The summed E-state index contributed by atoms with van der Waals surface area (Å²) in [5.41, 5.74) is 5.23. The smallest absolute Gasteiger partial charge is 0.411 e. The molecule has 0 saturated heterocycles. The molecule has 9 heteroatoms. The van der Waals surface area contributed by atoms with Gasteiger partial charge >= 0.3 is 12.1 Å². The molecule has 0 fully saturated rings. The normalized spacial score (nSPS) is 13.3. The van der Waals surface area contributed by atoms with Gasteiger partial charge in [0.2, 0.25) is 5.91 Å². The summed E-state index contributed by atoms with van der Waals surface area (Å²) >= 11 is 0. The maximum atomic E-state index is 11.3. The summed E-state index contributed by atoms with van der Waals surface area (Å²) in [6, 6.07) is -2.42. The molecule has 6 N–H and O–H groups in total. The third-order valence-corrected chi connectivity index (χ3v) is 1.71. The van der Waals surface area contributed by atoms with Crippen LogP contribution in [0.3, 0.4) is 0 Å². The number of hydrogen-bond donors (Lipinski definition) is 5. The predicted octanol–water partition coefficient (Wildman–Crippen LogP) is -1.91. The number of carboxylic acid groups (broad SMARTS) is 2. The van der Waals surface area contributed by atoms with Gasteiger partial charge < -0.3 is 21.3 Å². The van der Waals surface area contributed by atoms with Crippen LogP contribution in [0.4, 0.5) is 4.79 Å². The Labute approximate surface area is 96.0 Å². The second-order valence-electron chi connectivity index (χ2n) is 3.23. The Morgan fingerprint density at radius 3 is 2.12 bits per heavy atom. The van der Waals surface area contributed by atoms with Gasteiger partial charge in [-0.25, -0.2) is 4.79 Å². The highest BCUT2D eigenvalue weighted by Crippen LogP contribution is 1.91. The molecule has 0 rings (SSSR count). The third-order valence-electron chi connectivity index (χ3n) is 1.71. The molecular formula is C8H13N3O6. The average molecular weight is 247 g/mol. The largest absolute Gasteiger partial charge is 0.481 e. The summed E-state index contributed by atoms with van der Waals surface area (Å²) in [6.45, 7) is 1.24. The molecule has 2 atom stereocenters. The fraction of sp³-hybridized carbons (Fsp3) is 0.500. The molecule has 0 saturated carbocycles. The Bertz CT molecular complexity index is 342. The Hall–Kier alpha value is -2.16. The van der Waals surface area contributed by atoms with Crippen LogP contribution in [-0.2, 0) is 14.4 Å². The predicted molar refractivity (Wildman–Crippen MR) is 54.0 cm³/mol. The molecule has 0 spiro atoms. The van der Waals surface area contributed by atoms with Crippen molar-refractivity contribution in [1.82, 2.24) is 10.6 Å². The maximum absolute atomic E-state index is 11.3.